The fourth-order valence-corrected chi connectivity index (χ4v) is 7.33. The third-order valence-corrected chi connectivity index (χ3v) is 9.56. The van der Waals surface area contributed by atoms with Crippen LogP contribution in [0.4, 0.5) is 17.1 Å². The number of hydrogen-bond donors (Lipinski definition) is 0. The Morgan fingerprint density at radius 3 is 2.04 bits per heavy atom. The molecule has 0 amide bonds. The second kappa shape index (κ2) is 11.0. The van der Waals surface area contributed by atoms with Crippen molar-refractivity contribution in [1.82, 2.24) is 9.55 Å². The molecule has 10 rings (SSSR count). The van der Waals surface area contributed by atoms with E-state index < -0.39 is 0 Å². The SMILES string of the molecule is c1ccc(-c2nc3c(N(c4ccc5ccccc5c4)c4ccc5ccc6c(c5c4)c4ccccc4n6-c4ccccc4)cccc3o2)cc1. The number of rotatable bonds is 5. The van der Waals surface area contributed by atoms with Crippen molar-refractivity contribution in [2.75, 3.05) is 4.90 Å². The Morgan fingerprint density at radius 2 is 1.18 bits per heavy atom. The fourth-order valence-electron chi connectivity index (χ4n) is 7.33. The number of anilines is 3. The topological polar surface area (TPSA) is 34.2 Å². The molecule has 0 saturated heterocycles. The fraction of sp³-hybridized carbons (Fsp3) is 0. The van der Waals surface area contributed by atoms with E-state index in [0.29, 0.717) is 5.89 Å². The minimum Gasteiger partial charge on any atom is -0.436 e. The number of fused-ring (bicyclic) bond motifs is 7. The Hall–Kier alpha value is -6.65. The summed E-state index contributed by atoms with van der Waals surface area (Å²) < 4.78 is 8.74. The molecule has 4 nitrogen and oxygen atoms in total. The Bertz CT molecular complexity index is 2830. The van der Waals surface area contributed by atoms with E-state index in [1.807, 2.05) is 36.4 Å². The van der Waals surface area contributed by atoms with Crippen molar-refractivity contribution in [3.05, 3.63) is 176 Å². The minimum atomic E-state index is 0.607. The molecule has 4 heteroatoms. The quantitative estimate of drug-likeness (QED) is 0.190. The first-order chi connectivity index (χ1) is 24.3. The van der Waals surface area contributed by atoms with Crippen LogP contribution in [0, 0.1) is 0 Å². The van der Waals surface area contributed by atoms with Gasteiger partial charge in [0.2, 0.25) is 5.89 Å². The Balaban J connectivity index is 1.25. The molecule has 0 aliphatic carbocycles. The molecule has 49 heavy (non-hydrogen) atoms. The van der Waals surface area contributed by atoms with Crippen molar-refractivity contribution in [3.8, 4) is 17.1 Å². The first-order valence-corrected chi connectivity index (χ1v) is 16.6. The predicted molar refractivity (Wildman–Crippen MR) is 203 cm³/mol. The number of para-hydroxylation sites is 3. The molecule has 0 N–H and O–H groups in total. The van der Waals surface area contributed by atoms with E-state index in [-0.39, 0.29) is 0 Å². The average Bonchev–Trinajstić information content (AvgIpc) is 3.76. The number of hydrogen-bond acceptors (Lipinski definition) is 3. The molecule has 0 unspecified atom stereocenters. The molecule has 0 aliphatic heterocycles. The molecule has 0 aliphatic rings. The number of aromatic nitrogens is 2. The second-order valence-corrected chi connectivity index (χ2v) is 12.4. The number of nitrogens with zero attached hydrogens (tertiary/aromatic N) is 3. The van der Waals surface area contributed by atoms with Crippen molar-refractivity contribution >= 4 is 71.5 Å². The first kappa shape index (κ1) is 27.5. The molecular formula is C45H29N3O. The van der Waals surface area contributed by atoms with E-state index in [1.165, 1.54) is 43.4 Å². The molecule has 10 aromatic rings. The van der Waals surface area contributed by atoms with Gasteiger partial charge in [-0.05, 0) is 94.3 Å². The Labute approximate surface area is 282 Å². The van der Waals surface area contributed by atoms with Crippen molar-refractivity contribution in [3.63, 3.8) is 0 Å². The lowest BCUT2D eigenvalue weighted by Gasteiger charge is -2.26. The summed E-state index contributed by atoms with van der Waals surface area (Å²) in [7, 11) is 0. The molecule has 0 bridgehead atoms. The van der Waals surface area contributed by atoms with E-state index in [0.717, 1.165) is 39.4 Å². The molecule has 0 radical (unpaired) electrons. The van der Waals surface area contributed by atoms with Gasteiger partial charge in [-0.15, -0.1) is 0 Å². The summed E-state index contributed by atoms with van der Waals surface area (Å²) in [5.41, 5.74) is 9.08. The molecule has 0 saturated carbocycles. The maximum Gasteiger partial charge on any atom is 0.227 e. The van der Waals surface area contributed by atoms with Gasteiger partial charge in [-0.25, -0.2) is 4.98 Å². The molecule has 0 spiro atoms. The van der Waals surface area contributed by atoms with Gasteiger partial charge in [-0.2, -0.15) is 0 Å². The summed E-state index contributed by atoms with van der Waals surface area (Å²) in [6.45, 7) is 0. The Kier molecular flexibility index (Phi) is 6.15. The van der Waals surface area contributed by atoms with Crippen LogP contribution in [-0.2, 0) is 0 Å². The van der Waals surface area contributed by atoms with Gasteiger partial charge >= 0.3 is 0 Å². The zero-order chi connectivity index (χ0) is 32.3. The van der Waals surface area contributed by atoms with Crippen molar-refractivity contribution in [2.24, 2.45) is 0 Å². The largest absolute Gasteiger partial charge is 0.436 e. The van der Waals surface area contributed by atoms with E-state index in [9.17, 15) is 0 Å². The van der Waals surface area contributed by atoms with Crippen LogP contribution in [0.5, 0.6) is 0 Å². The normalized spacial score (nSPS) is 11.7. The summed E-state index contributed by atoms with van der Waals surface area (Å²) in [6.07, 6.45) is 0. The third kappa shape index (κ3) is 4.42. The van der Waals surface area contributed by atoms with E-state index in [4.69, 9.17) is 9.40 Å². The highest BCUT2D eigenvalue weighted by atomic mass is 16.3. The molecule has 8 aromatic carbocycles. The van der Waals surface area contributed by atoms with Gasteiger partial charge in [0, 0.05) is 33.4 Å². The van der Waals surface area contributed by atoms with Gasteiger partial charge in [0.25, 0.3) is 0 Å². The maximum atomic E-state index is 6.37. The third-order valence-electron chi connectivity index (χ3n) is 9.56. The average molecular weight is 628 g/mol. The van der Waals surface area contributed by atoms with Crippen LogP contribution < -0.4 is 4.90 Å². The lowest BCUT2D eigenvalue weighted by Crippen LogP contribution is -2.10. The first-order valence-electron chi connectivity index (χ1n) is 16.6. The summed E-state index contributed by atoms with van der Waals surface area (Å²) in [6, 6.07) is 62.1. The minimum absolute atomic E-state index is 0.607. The zero-order valence-corrected chi connectivity index (χ0v) is 26.5. The molecule has 0 atom stereocenters. The smallest absolute Gasteiger partial charge is 0.227 e. The van der Waals surface area contributed by atoms with Crippen LogP contribution in [0.25, 0.3) is 71.6 Å². The van der Waals surface area contributed by atoms with Gasteiger partial charge in [0.1, 0.15) is 5.52 Å². The predicted octanol–water partition coefficient (Wildman–Crippen LogP) is 12.4. The monoisotopic (exact) mass is 627 g/mol. The maximum absolute atomic E-state index is 6.37. The summed E-state index contributed by atoms with van der Waals surface area (Å²) >= 11 is 0. The van der Waals surface area contributed by atoms with Crippen molar-refractivity contribution in [2.45, 2.75) is 0 Å². The summed E-state index contributed by atoms with van der Waals surface area (Å²) in [5.74, 6) is 0.607. The lowest BCUT2D eigenvalue weighted by molar-refractivity contribution is 0.620. The Morgan fingerprint density at radius 1 is 0.490 bits per heavy atom. The summed E-state index contributed by atoms with van der Waals surface area (Å²) in [4.78, 5) is 7.42. The molecule has 2 aromatic heterocycles. The van der Waals surface area contributed by atoms with E-state index in [2.05, 4.69) is 149 Å². The molecule has 0 fully saturated rings. The van der Waals surface area contributed by atoms with E-state index >= 15 is 0 Å². The van der Waals surface area contributed by atoms with Crippen molar-refractivity contribution in [1.29, 1.82) is 0 Å². The van der Waals surface area contributed by atoms with Crippen LogP contribution in [0.15, 0.2) is 180 Å². The highest BCUT2D eigenvalue weighted by Gasteiger charge is 2.21. The van der Waals surface area contributed by atoms with Gasteiger partial charge in [0.05, 0.1) is 16.7 Å². The molecule has 2 heterocycles. The van der Waals surface area contributed by atoms with Gasteiger partial charge in [0.15, 0.2) is 5.58 Å². The van der Waals surface area contributed by atoms with Crippen molar-refractivity contribution < 1.29 is 4.42 Å². The van der Waals surface area contributed by atoms with Crippen LogP contribution in [-0.4, -0.2) is 9.55 Å². The second-order valence-electron chi connectivity index (χ2n) is 12.4. The lowest BCUT2D eigenvalue weighted by atomic mass is 10.0. The van der Waals surface area contributed by atoms with Crippen LogP contribution in [0.1, 0.15) is 0 Å². The highest BCUT2D eigenvalue weighted by molar-refractivity contribution is 6.22. The van der Waals surface area contributed by atoms with Crippen LogP contribution in [0.2, 0.25) is 0 Å². The number of oxazole rings is 1. The molecule has 230 valence electrons. The van der Waals surface area contributed by atoms with Gasteiger partial charge in [-0.3, -0.25) is 0 Å². The van der Waals surface area contributed by atoms with Crippen LogP contribution in [0.3, 0.4) is 0 Å². The number of benzene rings is 8. The zero-order valence-electron chi connectivity index (χ0n) is 26.5. The molecular weight excluding hydrogens is 599 g/mol. The van der Waals surface area contributed by atoms with Gasteiger partial charge in [-0.1, -0.05) is 103 Å². The van der Waals surface area contributed by atoms with E-state index in [1.54, 1.807) is 0 Å². The standard InChI is InChI=1S/C45H29N3O/c1-3-13-32(14-4-1)45-46-44-41(20-11-21-42(44)49-45)47(35-25-22-30-12-7-8-15-33(30)28-35)36-26-23-31-24-27-40-43(38(31)29-36)37-18-9-10-19-39(37)48(40)34-16-5-2-6-17-34/h1-29H. The summed E-state index contributed by atoms with van der Waals surface area (Å²) in [5, 5.41) is 7.24. The van der Waals surface area contributed by atoms with Gasteiger partial charge < -0.3 is 13.9 Å². The van der Waals surface area contributed by atoms with Crippen LogP contribution >= 0.6 is 0 Å². The highest BCUT2D eigenvalue weighted by Crippen LogP contribution is 2.44.